The lowest BCUT2D eigenvalue weighted by molar-refractivity contribution is -0.0167. The van der Waals surface area contributed by atoms with E-state index in [2.05, 4.69) is 42.6 Å². The molecule has 3 heteroatoms. The van der Waals surface area contributed by atoms with Gasteiger partial charge in [0.2, 0.25) is 0 Å². The van der Waals surface area contributed by atoms with E-state index in [9.17, 15) is 5.11 Å². The topological polar surface area (TPSA) is 41.5 Å². The highest BCUT2D eigenvalue weighted by molar-refractivity contribution is 5.18. The predicted octanol–water partition coefficient (Wildman–Crippen LogP) is 3.30. The number of unbranched alkanes of at least 4 members (excludes halogenated alkanes) is 1. The van der Waals surface area contributed by atoms with Crippen molar-refractivity contribution in [2.45, 2.75) is 45.1 Å². The maximum absolute atomic E-state index is 9.81. The smallest absolute Gasteiger partial charge is 0.0501 e. The molecule has 0 bridgehead atoms. The Kier molecular flexibility index (Phi) is 6.68. The Labute approximate surface area is 128 Å². The molecule has 1 aromatic rings. The number of aliphatic hydroxyl groups excluding tert-OH is 1. The first-order valence-electron chi connectivity index (χ1n) is 8.26. The summed E-state index contributed by atoms with van der Waals surface area (Å²) in [6, 6.07) is 11.1. The molecule has 0 aromatic heterocycles. The van der Waals surface area contributed by atoms with E-state index in [4.69, 9.17) is 4.74 Å². The Morgan fingerprint density at radius 1 is 1.24 bits per heavy atom. The molecule has 21 heavy (non-hydrogen) atoms. The van der Waals surface area contributed by atoms with E-state index in [1.54, 1.807) is 0 Å². The van der Waals surface area contributed by atoms with E-state index >= 15 is 0 Å². The van der Waals surface area contributed by atoms with Crippen molar-refractivity contribution < 1.29 is 9.84 Å². The van der Waals surface area contributed by atoms with Crippen LogP contribution in [0.2, 0.25) is 0 Å². The molecule has 1 aliphatic rings. The van der Waals surface area contributed by atoms with Gasteiger partial charge in [0.1, 0.15) is 0 Å². The van der Waals surface area contributed by atoms with E-state index in [1.165, 1.54) is 18.4 Å². The van der Waals surface area contributed by atoms with Gasteiger partial charge >= 0.3 is 0 Å². The Hall–Kier alpha value is -0.900. The number of nitrogens with one attached hydrogen (secondary N) is 1. The third-order valence-corrected chi connectivity index (χ3v) is 4.66. The molecule has 2 rings (SSSR count). The normalized spacial score (nSPS) is 19.3. The fourth-order valence-electron chi connectivity index (χ4n) is 3.02. The van der Waals surface area contributed by atoms with Gasteiger partial charge in [0.15, 0.2) is 0 Å². The van der Waals surface area contributed by atoms with Crippen molar-refractivity contribution in [3.8, 4) is 0 Å². The van der Waals surface area contributed by atoms with E-state index < -0.39 is 0 Å². The third-order valence-electron chi connectivity index (χ3n) is 4.66. The summed E-state index contributed by atoms with van der Waals surface area (Å²) in [6.07, 6.45) is 5.49. The molecule has 3 nitrogen and oxygen atoms in total. The number of ether oxygens (including phenoxy) is 1. The highest BCUT2D eigenvalue weighted by atomic mass is 16.5. The first-order chi connectivity index (χ1) is 10.3. The van der Waals surface area contributed by atoms with Crippen molar-refractivity contribution in [3.63, 3.8) is 0 Å². The number of rotatable bonds is 8. The molecule has 1 saturated heterocycles. The molecule has 0 spiro atoms. The Morgan fingerprint density at radius 2 is 1.95 bits per heavy atom. The van der Waals surface area contributed by atoms with E-state index in [0.717, 1.165) is 39.0 Å². The van der Waals surface area contributed by atoms with Crippen molar-refractivity contribution in [3.05, 3.63) is 35.9 Å². The van der Waals surface area contributed by atoms with E-state index in [1.807, 2.05) is 0 Å². The second-order valence-corrected chi connectivity index (χ2v) is 6.26. The molecular weight excluding hydrogens is 262 g/mol. The summed E-state index contributed by atoms with van der Waals surface area (Å²) in [4.78, 5) is 0. The van der Waals surface area contributed by atoms with E-state index in [0.29, 0.717) is 6.04 Å². The molecule has 2 N–H and O–H groups in total. The second kappa shape index (κ2) is 8.52. The van der Waals surface area contributed by atoms with Crippen LogP contribution in [0.4, 0.5) is 0 Å². The van der Waals surface area contributed by atoms with Gasteiger partial charge in [-0.1, -0.05) is 50.1 Å². The molecule has 1 aromatic carbocycles. The molecular formula is C18H29NO2. The quantitative estimate of drug-likeness (QED) is 0.772. The van der Waals surface area contributed by atoms with Gasteiger partial charge in [-0.3, -0.25) is 0 Å². The van der Waals surface area contributed by atoms with Crippen molar-refractivity contribution >= 4 is 0 Å². The minimum Gasteiger partial charge on any atom is -0.396 e. The molecule has 0 aliphatic carbocycles. The molecule has 1 unspecified atom stereocenters. The van der Waals surface area contributed by atoms with Crippen LogP contribution in [0.1, 0.15) is 50.6 Å². The van der Waals surface area contributed by atoms with Crippen LogP contribution in [0.3, 0.4) is 0 Å². The van der Waals surface area contributed by atoms with Gasteiger partial charge in [-0.2, -0.15) is 0 Å². The SMILES string of the molecule is CCCCC(NCC1(CO)CCOCC1)c1ccccc1. The van der Waals surface area contributed by atoms with Crippen molar-refractivity contribution in [2.75, 3.05) is 26.4 Å². The molecule has 0 amide bonds. The highest BCUT2D eigenvalue weighted by Gasteiger charge is 2.32. The molecule has 118 valence electrons. The largest absolute Gasteiger partial charge is 0.396 e. The van der Waals surface area contributed by atoms with Crippen molar-refractivity contribution in [1.82, 2.24) is 5.32 Å². The number of hydrogen-bond donors (Lipinski definition) is 2. The van der Waals surface area contributed by atoms with Crippen LogP contribution < -0.4 is 5.32 Å². The van der Waals surface area contributed by atoms with Gasteiger partial charge in [0.05, 0.1) is 6.61 Å². The summed E-state index contributed by atoms with van der Waals surface area (Å²) >= 11 is 0. The van der Waals surface area contributed by atoms with Gasteiger partial charge in [-0.25, -0.2) is 0 Å². The van der Waals surface area contributed by atoms with Gasteiger partial charge in [-0.05, 0) is 24.8 Å². The van der Waals surface area contributed by atoms with Crippen LogP contribution in [-0.4, -0.2) is 31.5 Å². The van der Waals surface area contributed by atoms with Crippen LogP contribution >= 0.6 is 0 Å². The standard InChI is InChI=1S/C18H29NO2/c1-2-3-9-17(16-7-5-4-6-8-16)19-14-18(15-20)10-12-21-13-11-18/h4-8,17,19-20H,2-3,9-15H2,1H3. The first kappa shape index (κ1) is 16.5. The highest BCUT2D eigenvalue weighted by Crippen LogP contribution is 2.30. The molecule has 0 radical (unpaired) electrons. The summed E-state index contributed by atoms with van der Waals surface area (Å²) in [5, 5.41) is 13.5. The van der Waals surface area contributed by atoms with Gasteiger partial charge < -0.3 is 15.2 Å². The molecule has 1 fully saturated rings. The van der Waals surface area contributed by atoms with Crippen LogP contribution in [0, 0.1) is 5.41 Å². The minimum absolute atomic E-state index is 0.00249. The van der Waals surface area contributed by atoms with Crippen molar-refractivity contribution in [2.24, 2.45) is 5.41 Å². The zero-order chi connectivity index (χ0) is 15.0. The summed E-state index contributed by atoms with van der Waals surface area (Å²) < 4.78 is 5.44. The zero-order valence-electron chi connectivity index (χ0n) is 13.2. The summed E-state index contributed by atoms with van der Waals surface area (Å²) in [5.74, 6) is 0. The number of benzene rings is 1. The van der Waals surface area contributed by atoms with Crippen molar-refractivity contribution in [1.29, 1.82) is 0 Å². The van der Waals surface area contributed by atoms with E-state index in [-0.39, 0.29) is 12.0 Å². The second-order valence-electron chi connectivity index (χ2n) is 6.26. The van der Waals surface area contributed by atoms with Gasteiger partial charge in [0, 0.05) is 31.2 Å². The maximum atomic E-state index is 9.81. The lowest BCUT2D eigenvalue weighted by Crippen LogP contribution is -2.43. The Bertz CT molecular complexity index is 387. The monoisotopic (exact) mass is 291 g/mol. The molecule has 0 saturated carbocycles. The average molecular weight is 291 g/mol. The fourth-order valence-corrected chi connectivity index (χ4v) is 3.02. The number of aliphatic hydroxyl groups is 1. The lowest BCUT2D eigenvalue weighted by Gasteiger charge is -2.37. The molecule has 1 heterocycles. The summed E-state index contributed by atoms with van der Waals surface area (Å²) in [6.45, 7) is 4.89. The summed E-state index contributed by atoms with van der Waals surface area (Å²) in [5.41, 5.74) is 1.35. The summed E-state index contributed by atoms with van der Waals surface area (Å²) in [7, 11) is 0. The van der Waals surface area contributed by atoms with Gasteiger partial charge in [0.25, 0.3) is 0 Å². The zero-order valence-corrected chi connectivity index (χ0v) is 13.2. The van der Waals surface area contributed by atoms with Crippen LogP contribution in [0.25, 0.3) is 0 Å². The Morgan fingerprint density at radius 3 is 2.57 bits per heavy atom. The predicted molar refractivity (Wildman–Crippen MR) is 86.3 cm³/mol. The first-order valence-corrected chi connectivity index (χ1v) is 8.26. The third kappa shape index (κ3) is 4.80. The van der Waals surface area contributed by atoms with Crippen LogP contribution in [0.5, 0.6) is 0 Å². The number of hydrogen-bond acceptors (Lipinski definition) is 3. The maximum Gasteiger partial charge on any atom is 0.0501 e. The fraction of sp³-hybridized carbons (Fsp3) is 0.667. The molecule has 1 atom stereocenters. The van der Waals surface area contributed by atoms with Crippen LogP contribution in [-0.2, 0) is 4.74 Å². The van der Waals surface area contributed by atoms with Crippen LogP contribution in [0.15, 0.2) is 30.3 Å². The van der Waals surface area contributed by atoms with Gasteiger partial charge in [-0.15, -0.1) is 0 Å². The lowest BCUT2D eigenvalue weighted by atomic mass is 9.80. The minimum atomic E-state index is -0.00249. The Balaban J connectivity index is 1.97. The average Bonchev–Trinajstić information content (AvgIpc) is 2.56. The molecule has 1 aliphatic heterocycles.